The van der Waals surface area contributed by atoms with Crippen LogP contribution in [0.5, 0.6) is 0 Å². The predicted molar refractivity (Wildman–Crippen MR) is 84.8 cm³/mol. The highest BCUT2D eigenvalue weighted by Gasteiger charge is 2.34. The van der Waals surface area contributed by atoms with E-state index in [4.69, 9.17) is 5.11 Å². The van der Waals surface area contributed by atoms with Crippen LogP contribution in [0.1, 0.15) is 16.1 Å². The highest BCUT2D eigenvalue weighted by atomic mass is 32.1. The van der Waals surface area contributed by atoms with Gasteiger partial charge in [0.25, 0.3) is 0 Å². The van der Waals surface area contributed by atoms with Crippen molar-refractivity contribution in [2.75, 3.05) is 5.32 Å². The van der Waals surface area contributed by atoms with Gasteiger partial charge >= 0.3 is 12.1 Å². The number of aromatic nitrogens is 3. The van der Waals surface area contributed by atoms with Crippen LogP contribution in [0.3, 0.4) is 0 Å². The van der Waals surface area contributed by atoms with Crippen LogP contribution >= 0.6 is 11.3 Å². The molecule has 0 amide bonds. The maximum absolute atomic E-state index is 13.1. The normalized spacial score (nSPS) is 11.3. The molecular formula is C15H9F3N4O2S. The predicted octanol–water partition coefficient (Wildman–Crippen LogP) is 4.06. The lowest BCUT2D eigenvalue weighted by Gasteiger charge is -2.11. The van der Waals surface area contributed by atoms with Gasteiger partial charge in [-0.1, -0.05) is 0 Å². The summed E-state index contributed by atoms with van der Waals surface area (Å²) >= 11 is 1.15. The maximum Gasteiger partial charge on any atom is 0.433 e. The van der Waals surface area contributed by atoms with Crippen LogP contribution < -0.4 is 5.32 Å². The third kappa shape index (κ3) is 3.91. The van der Waals surface area contributed by atoms with Gasteiger partial charge in [0.2, 0.25) is 5.95 Å². The molecule has 2 heterocycles. The van der Waals surface area contributed by atoms with E-state index in [1.165, 1.54) is 30.5 Å². The monoisotopic (exact) mass is 366 g/mol. The van der Waals surface area contributed by atoms with Crippen molar-refractivity contribution in [1.82, 2.24) is 15.0 Å². The fraction of sp³-hybridized carbons (Fsp3) is 0.0667. The molecule has 10 heteroatoms. The number of carbonyl (C=O) groups is 1. The maximum atomic E-state index is 13.1. The number of benzene rings is 1. The first-order valence-corrected chi connectivity index (χ1v) is 7.67. The van der Waals surface area contributed by atoms with E-state index in [2.05, 4.69) is 20.3 Å². The molecule has 0 saturated carbocycles. The van der Waals surface area contributed by atoms with Crippen molar-refractivity contribution in [2.45, 2.75) is 6.18 Å². The van der Waals surface area contributed by atoms with E-state index in [1.807, 2.05) is 0 Å². The Morgan fingerprint density at radius 2 is 1.88 bits per heavy atom. The minimum Gasteiger partial charge on any atom is -0.478 e. The van der Waals surface area contributed by atoms with Gasteiger partial charge in [-0.05, 0) is 30.3 Å². The van der Waals surface area contributed by atoms with Gasteiger partial charge in [0.15, 0.2) is 5.69 Å². The Morgan fingerprint density at radius 3 is 2.44 bits per heavy atom. The van der Waals surface area contributed by atoms with Crippen molar-refractivity contribution in [1.29, 1.82) is 0 Å². The van der Waals surface area contributed by atoms with Crippen LogP contribution in [-0.2, 0) is 6.18 Å². The fourth-order valence-corrected chi connectivity index (χ4v) is 2.53. The van der Waals surface area contributed by atoms with E-state index in [0.717, 1.165) is 17.4 Å². The number of carboxylic acid groups (broad SMARTS) is 1. The number of hydrogen-bond donors (Lipinski definition) is 2. The Labute approximate surface area is 143 Å². The number of nitrogens with zero attached hydrogens (tertiary/aromatic N) is 3. The molecule has 128 valence electrons. The molecule has 0 unspecified atom stereocenters. The first-order valence-electron chi connectivity index (χ1n) is 6.79. The molecule has 25 heavy (non-hydrogen) atoms. The van der Waals surface area contributed by atoms with Crippen molar-refractivity contribution >= 4 is 28.9 Å². The molecule has 0 saturated heterocycles. The lowest BCUT2D eigenvalue weighted by molar-refractivity contribution is -0.141. The van der Waals surface area contributed by atoms with Gasteiger partial charge in [-0.15, -0.1) is 11.3 Å². The van der Waals surface area contributed by atoms with E-state index >= 15 is 0 Å². The molecule has 3 rings (SSSR count). The Bertz CT molecular complexity index is 896. The first kappa shape index (κ1) is 16.8. The summed E-state index contributed by atoms with van der Waals surface area (Å²) in [5.74, 6) is -1.36. The van der Waals surface area contributed by atoms with Gasteiger partial charge in [-0.2, -0.15) is 13.2 Å². The van der Waals surface area contributed by atoms with Crippen molar-refractivity contribution in [3.63, 3.8) is 0 Å². The zero-order valence-electron chi connectivity index (χ0n) is 12.3. The molecular weight excluding hydrogens is 357 g/mol. The van der Waals surface area contributed by atoms with Crippen molar-refractivity contribution in [3.05, 3.63) is 53.2 Å². The molecule has 6 nitrogen and oxygen atoms in total. The zero-order valence-corrected chi connectivity index (χ0v) is 13.1. The highest BCUT2D eigenvalue weighted by molar-refractivity contribution is 7.13. The summed E-state index contributed by atoms with van der Waals surface area (Å²) in [7, 11) is 0. The van der Waals surface area contributed by atoms with E-state index in [0.29, 0.717) is 10.7 Å². The molecule has 3 aromatic rings. The molecule has 0 fully saturated rings. The number of aromatic carboxylic acids is 1. The molecule has 2 N–H and O–H groups in total. The van der Waals surface area contributed by atoms with Gasteiger partial charge in [0.1, 0.15) is 10.7 Å². The van der Waals surface area contributed by atoms with E-state index in [1.54, 1.807) is 5.38 Å². The lowest BCUT2D eigenvalue weighted by atomic mass is 10.2. The molecule has 0 aliphatic heterocycles. The topological polar surface area (TPSA) is 88.0 Å². The summed E-state index contributed by atoms with van der Waals surface area (Å²) in [4.78, 5) is 22.3. The molecule has 0 aliphatic carbocycles. The van der Waals surface area contributed by atoms with Crippen LogP contribution in [0, 0.1) is 0 Å². The molecule has 0 bridgehead atoms. The standard InChI is InChI=1S/C15H9F3N4O2S/c16-15(17,18)11-7-10(12-19-5-6-25-12)21-14(22-11)20-9-3-1-8(2-4-9)13(23)24/h1-7H,(H,23,24)(H,20,21,22). The summed E-state index contributed by atoms with van der Waals surface area (Å²) in [5.41, 5.74) is -0.646. The van der Waals surface area contributed by atoms with Crippen LogP contribution in [0.4, 0.5) is 24.8 Å². The van der Waals surface area contributed by atoms with Gasteiger partial charge in [0.05, 0.1) is 5.56 Å². The van der Waals surface area contributed by atoms with E-state index in [-0.39, 0.29) is 17.2 Å². The minimum atomic E-state index is -4.64. The molecule has 0 aliphatic rings. The van der Waals surface area contributed by atoms with Gasteiger partial charge in [0, 0.05) is 17.3 Å². The average Bonchev–Trinajstić information content (AvgIpc) is 3.09. The summed E-state index contributed by atoms with van der Waals surface area (Å²) in [6.45, 7) is 0. The summed E-state index contributed by atoms with van der Waals surface area (Å²) in [6, 6.07) is 6.30. The number of thiazole rings is 1. The fourth-order valence-electron chi connectivity index (χ4n) is 1.93. The molecule has 0 radical (unpaired) electrons. The molecule has 0 spiro atoms. The summed E-state index contributed by atoms with van der Waals surface area (Å²) in [5, 5.41) is 13.5. The highest BCUT2D eigenvalue weighted by Crippen LogP contribution is 2.32. The smallest absolute Gasteiger partial charge is 0.433 e. The Morgan fingerprint density at radius 1 is 1.16 bits per heavy atom. The second-order valence-electron chi connectivity index (χ2n) is 4.80. The third-order valence-corrected chi connectivity index (χ3v) is 3.85. The number of nitrogens with one attached hydrogen (secondary N) is 1. The Balaban J connectivity index is 1.97. The van der Waals surface area contributed by atoms with E-state index < -0.39 is 17.8 Å². The number of alkyl halides is 3. The Hall–Kier alpha value is -3.01. The largest absolute Gasteiger partial charge is 0.478 e. The number of anilines is 2. The second-order valence-corrected chi connectivity index (χ2v) is 5.70. The van der Waals surface area contributed by atoms with Gasteiger partial charge < -0.3 is 10.4 Å². The van der Waals surface area contributed by atoms with Crippen LogP contribution in [0.2, 0.25) is 0 Å². The van der Waals surface area contributed by atoms with Crippen molar-refractivity contribution < 1.29 is 23.1 Å². The number of halogens is 3. The summed E-state index contributed by atoms with van der Waals surface area (Å²) in [6.07, 6.45) is -3.17. The lowest BCUT2D eigenvalue weighted by Crippen LogP contribution is -2.11. The molecule has 0 atom stereocenters. The molecule has 2 aromatic heterocycles. The number of carboxylic acids is 1. The van der Waals surface area contributed by atoms with Crippen molar-refractivity contribution in [3.8, 4) is 10.7 Å². The Kier molecular flexibility index (Phi) is 4.36. The van der Waals surface area contributed by atoms with Crippen LogP contribution in [-0.4, -0.2) is 26.0 Å². The SMILES string of the molecule is O=C(O)c1ccc(Nc2nc(-c3nccs3)cc(C(F)(F)F)n2)cc1. The minimum absolute atomic E-state index is 0.0435. The van der Waals surface area contributed by atoms with Gasteiger partial charge in [-0.3, -0.25) is 0 Å². The van der Waals surface area contributed by atoms with Crippen LogP contribution in [0.25, 0.3) is 10.7 Å². The van der Waals surface area contributed by atoms with Crippen LogP contribution in [0.15, 0.2) is 41.9 Å². The number of hydrogen-bond acceptors (Lipinski definition) is 6. The second kappa shape index (κ2) is 6.48. The quantitative estimate of drug-likeness (QED) is 0.724. The summed E-state index contributed by atoms with van der Waals surface area (Å²) < 4.78 is 39.2. The van der Waals surface area contributed by atoms with Gasteiger partial charge in [-0.25, -0.2) is 19.7 Å². The average molecular weight is 366 g/mol. The number of rotatable bonds is 4. The first-order chi connectivity index (χ1) is 11.8. The van der Waals surface area contributed by atoms with Crippen molar-refractivity contribution in [2.24, 2.45) is 0 Å². The van der Waals surface area contributed by atoms with E-state index in [9.17, 15) is 18.0 Å². The third-order valence-electron chi connectivity index (χ3n) is 3.06. The zero-order chi connectivity index (χ0) is 18.0. The molecule has 1 aromatic carbocycles.